The average molecular weight is 360 g/mol. The summed E-state index contributed by atoms with van der Waals surface area (Å²) < 4.78 is 15.7. The van der Waals surface area contributed by atoms with Gasteiger partial charge in [-0.15, -0.1) is 0 Å². The van der Waals surface area contributed by atoms with E-state index in [-0.39, 0.29) is 12.0 Å². The van der Waals surface area contributed by atoms with E-state index in [0.29, 0.717) is 39.7 Å². The maximum atomic E-state index is 12.7. The summed E-state index contributed by atoms with van der Waals surface area (Å²) in [6.07, 6.45) is -0.241. The van der Waals surface area contributed by atoms with Crippen LogP contribution >= 0.6 is 0 Å². The van der Waals surface area contributed by atoms with E-state index in [4.69, 9.17) is 14.2 Å². The van der Waals surface area contributed by atoms with Crippen molar-refractivity contribution in [2.24, 2.45) is 0 Å². The Bertz CT molecular complexity index is 824. The van der Waals surface area contributed by atoms with E-state index in [1.165, 1.54) is 7.11 Å². The van der Waals surface area contributed by atoms with E-state index in [1.54, 1.807) is 53.0 Å². The SMILES string of the molecule is COc1ccc(OC)c(NC(=O)c2[nH]c(C)c(C(=O)OC(C)C)c2C)c1. The number of H-pyrrole nitrogens is 1. The number of esters is 1. The number of aryl methyl sites for hydroxylation is 1. The van der Waals surface area contributed by atoms with Gasteiger partial charge in [0.2, 0.25) is 0 Å². The normalized spacial score (nSPS) is 10.6. The zero-order valence-corrected chi connectivity index (χ0v) is 15.9. The lowest BCUT2D eigenvalue weighted by Crippen LogP contribution is -2.15. The number of aromatic nitrogens is 1. The second-order valence-corrected chi connectivity index (χ2v) is 6.10. The molecule has 0 saturated heterocycles. The van der Waals surface area contributed by atoms with Crippen molar-refractivity contribution >= 4 is 17.6 Å². The molecule has 140 valence electrons. The first kappa shape index (κ1) is 19.4. The molecule has 0 aliphatic carbocycles. The Balaban J connectivity index is 2.33. The van der Waals surface area contributed by atoms with E-state index in [9.17, 15) is 9.59 Å². The number of hydrogen-bond donors (Lipinski definition) is 2. The molecule has 2 rings (SSSR count). The highest BCUT2D eigenvalue weighted by atomic mass is 16.5. The highest BCUT2D eigenvalue weighted by molar-refractivity contribution is 6.07. The fourth-order valence-corrected chi connectivity index (χ4v) is 2.65. The zero-order chi connectivity index (χ0) is 19.4. The minimum Gasteiger partial charge on any atom is -0.497 e. The van der Waals surface area contributed by atoms with E-state index in [1.807, 2.05) is 0 Å². The second kappa shape index (κ2) is 7.95. The number of methoxy groups -OCH3 is 2. The number of aromatic amines is 1. The van der Waals surface area contributed by atoms with Crippen molar-refractivity contribution < 1.29 is 23.8 Å². The number of ether oxygens (including phenoxy) is 3. The Labute approximate surface area is 152 Å². The number of nitrogens with one attached hydrogen (secondary N) is 2. The Morgan fingerprint density at radius 1 is 1.12 bits per heavy atom. The minimum absolute atomic E-state index is 0.241. The molecule has 7 nitrogen and oxygen atoms in total. The summed E-state index contributed by atoms with van der Waals surface area (Å²) in [5, 5.41) is 2.79. The molecule has 0 aliphatic heterocycles. The van der Waals surface area contributed by atoms with Gasteiger partial charge in [0, 0.05) is 11.8 Å². The van der Waals surface area contributed by atoms with E-state index in [0.717, 1.165) is 0 Å². The highest BCUT2D eigenvalue weighted by Gasteiger charge is 2.24. The summed E-state index contributed by atoms with van der Waals surface area (Å²) in [6.45, 7) is 6.99. The van der Waals surface area contributed by atoms with Crippen LogP contribution in [0.3, 0.4) is 0 Å². The van der Waals surface area contributed by atoms with Gasteiger partial charge in [0.05, 0.1) is 31.6 Å². The molecule has 7 heteroatoms. The molecule has 0 unspecified atom stereocenters. The van der Waals surface area contributed by atoms with Crippen molar-refractivity contribution in [3.8, 4) is 11.5 Å². The lowest BCUT2D eigenvalue weighted by Gasteiger charge is -2.12. The molecule has 2 aromatic rings. The van der Waals surface area contributed by atoms with Gasteiger partial charge in [-0.3, -0.25) is 4.79 Å². The summed E-state index contributed by atoms with van der Waals surface area (Å²) in [5.41, 5.74) is 2.25. The van der Waals surface area contributed by atoms with Crippen LogP contribution in [0.4, 0.5) is 5.69 Å². The van der Waals surface area contributed by atoms with Crippen molar-refractivity contribution in [2.45, 2.75) is 33.8 Å². The molecule has 1 amide bonds. The van der Waals surface area contributed by atoms with Crippen LogP contribution in [-0.4, -0.2) is 37.2 Å². The summed E-state index contributed by atoms with van der Waals surface area (Å²) in [4.78, 5) is 28.0. The Morgan fingerprint density at radius 3 is 2.38 bits per heavy atom. The number of benzene rings is 1. The van der Waals surface area contributed by atoms with E-state index < -0.39 is 5.97 Å². The second-order valence-electron chi connectivity index (χ2n) is 6.10. The third-order valence-electron chi connectivity index (χ3n) is 3.87. The molecule has 1 aromatic heterocycles. The standard InChI is InChI=1S/C19H24N2O5/c1-10(2)26-19(23)16-11(3)17(20-12(16)4)18(22)21-14-9-13(24-5)7-8-15(14)25-6/h7-10,20H,1-6H3,(H,21,22). The maximum Gasteiger partial charge on any atom is 0.340 e. The number of amides is 1. The topological polar surface area (TPSA) is 89.7 Å². The molecular weight excluding hydrogens is 336 g/mol. The largest absolute Gasteiger partial charge is 0.497 e. The molecule has 1 aromatic carbocycles. The van der Waals surface area contributed by atoms with Crippen LogP contribution in [-0.2, 0) is 4.74 Å². The van der Waals surface area contributed by atoms with Crippen molar-refractivity contribution in [1.82, 2.24) is 4.98 Å². The summed E-state index contributed by atoms with van der Waals surface area (Å²) in [5.74, 6) is 0.242. The van der Waals surface area contributed by atoms with Crippen LogP contribution in [0.5, 0.6) is 11.5 Å². The Hall–Kier alpha value is -2.96. The van der Waals surface area contributed by atoms with Crippen molar-refractivity contribution in [3.05, 3.63) is 40.7 Å². The third kappa shape index (κ3) is 3.99. The monoisotopic (exact) mass is 360 g/mol. The molecular formula is C19H24N2O5. The fraction of sp³-hybridized carbons (Fsp3) is 0.368. The molecule has 0 fully saturated rings. The maximum absolute atomic E-state index is 12.7. The predicted molar refractivity (Wildman–Crippen MR) is 98.3 cm³/mol. The average Bonchev–Trinajstić information content (AvgIpc) is 2.88. The minimum atomic E-state index is -0.454. The first-order valence-electron chi connectivity index (χ1n) is 8.22. The first-order valence-corrected chi connectivity index (χ1v) is 8.22. The zero-order valence-electron chi connectivity index (χ0n) is 15.9. The summed E-state index contributed by atoms with van der Waals surface area (Å²) in [7, 11) is 3.06. The van der Waals surface area contributed by atoms with Crippen LogP contribution in [0.2, 0.25) is 0 Å². The lowest BCUT2D eigenvalue weighted by molar-refractivity contribution is 0.0376. The lowest BCUT2D eigenvalue weighted by atomic mass is 10.1. The van der Waals surface area contributed by atoms with Crippen LogP contribution in [0.1, 0.15) is 46.0 Å². The number of anilines is 1. The number of rotatable bonds is 6. The van der Waals surface area contributed by atoms with Gasteiger partial charge in [-0.2, -0.15) is 0 Å². The number of carbonyl (C=O) groups is 2. The van der Waals surface area contributed by atoms with Crippen molar-refractivity contribution in [3.63, 3.8) is 0 Å². The van der Waals surface area contributed by atoms with Crippen molar-refractivity contribution in [2.75, 3.05) is 19.5 Å². The van der Waals surface area contributed by atoms with Crippen molar-refractivity contribution in [1.29, 1.82) is 0 Å². The van der Waals surface area contributed by atoms with Crippen LogP contribution < -0.4 is 14.8 Å². The molecule has 0 spiro atoms. The first-order chi connectivity index (χ1) is 12.3. The number of carbonyl (C=O) groups excluding carboxylic acids is 2. The molecule has 26 heavy (non-hydrogen) atoms. The van der Waals surface area contributed by atoms with Gasteiger partial charge >= 0.3 is 5.97 Å². The molecule has 0 saturated carbocycles. The third-order valence-corrected chi connectivity index (χ3v) is 3.87. The van der Waals surface area contributed by atoms with Gasteiger partial charge in [-0.1, -0.05) is 0 Å². The Morgan fingerprint density at radius 2 is 1.81 bits per heavy atom. The van der Waals surface area contributed by atoms with Crippen LogP contribution in [0, 0.1) is 13.8 Å². The molecule has 0 radical (unpaired) electrons. The van der Waals surface area contributed by atoms with E-state index in [2.05, 4.69) is 10.3 Å². The summed E-state index contributed by atoms with van der Waals surface area (Å²) >= 11 is 0. The van der Waals surface area contributed by atoms with Gasteiger partial charge in [0.15, 0.2) is 0 Å². The van der Waals surface area contributed by atoms with Gasteiger partial charge in [0.25, 0.3) is 5.91 Å². The number of hydrogen-bond acceptors (Lipinski definition) is 5. The highest BCUT2D eigenvalue weighted by Crippen LogP contribution is 2.30. The van der Waals surface area contributed by atoms with Gasteiger partial charge in [-0.05, 0) is 45.4 Å². The van der Waals surface area contributed by atoms with Gasteiger partial charge in [-0.25, -0.2) is 4.79 Å². The van der Waals surface area contributed by atoms with Crippen LogP contribution in [0.15, 0.2) is 18.2 Å². The predicted octanol–water partition coefficient (Wildman–Crippen LogP) is 3.47. The Kier molecular flexibility index (Phi) is 5.92. The molecule has 0 aliphatic rings. The van der Waals surface area contributed by atoms with Gasteiger partial charge < -0.3 is 24.5 Å². The molecule has 0 bridgehead atoms. The quantitative estimate of drug-likeness (QED) is 0.770. The molecule has 2 N–H and O–H groups in total. The molecule has 1 heterocycles. The smallest absolute Gasteiger partial charge is 0.340 e. The van der Waals surface area contributed by atoms with Gasteiger partial charge in [0.1, 0.15) is 17.2 Å². The fourth-order valence-electron chi connectivity index (χ4n) is 2.65. The summed E-state index contributed by atoms with van der Waals surface area (Å²) in [6, 6.07) is 5.10. The van der Waals surface area contributed by atoms with Crippen LogP contribution in [0.25, 0.3) is 0 Å². The molecule has 0 atom stereocenters. The van der Waals surface area contributed by atoms with E-state index >= 15 is 0 Å².